The summed E-state index contributed by atoms with van der Waals surface area (Å²) in [6, 6.07) is 0.620. The Balaban J connectivity index is 1.97. The van der Waals surface area contributed by atoms with Crippen molar-refractivity contribution in [3.8, 4) is 0 Å². The second-order valence-electron chi connectivity index (χ2n) is 5.34. The second-order valence-corrected chi connectivity index (χ2v) is 7.18. The van der Waals surface area contributed by atoms with Gasteiger partial charge >= 0.3 is 0 Å². The summed E-state index contributed by atoms with van der Waals surface area (Å²) in [6.45, 7) is 5.57. The molecule has 2 unspecified atom stereocenters. The highest BCUT2D eigenvalue weighted by atomic mass is 32.2. The van der Waals surface area contributed by atoms with E-state index in [1.807, 2.05) is 0 Å². The van der Waals surface area contributed by atoms with Crippen LogP contribution in [0.15, 0.2) is 0 Å². The van der Waals surface area contributed by atoms with Crippen LogP contribution in [0, 0.1) is 0 Å². The lowest BCUT2D eigenvalue weighted by molar-refractivity contribution is 0.495. The van der Waals surface area contributed by atoms with Crippen molar-refractivity contribution >= 4 is 10.8 Å². The number of nitrogens with one attached hydrogen (secondary N) is 1. The first kappa shape index (κ1) is 15.2. The molecule has 0 radical (unpaired) electrons. The van der Waals surface area contributed by atoms with Crippen molar-refractivity contribution in [2.45, 2.75) is 76.5 Å². The van der Waals surface area contributed by atoms with E-state index < -0.39 is 10.8 Å². The minimum atomic E-state index is -0.536. The molecule has 0 bridgehead atoms. The summed E-state index contributed by atoms with van der Waals surface area (Å²) in [5.74, 6) is 0.936. The molecule has 2 atom stereocenters. The third kappa shape index (κ3) is 6.56. The zero-order valence-electron chi connectivity index (χ0n) is 11.5. The fourth-order valence-electron chi connectivity index (χ4n) is 2.51. The first-order valence-corrected chi connectivity index (χ1v) is 8.72. The molecule has 2 nitrogen and oxygen atoms in total. The molecule has 0 spiro atoms. The van der Waals surface area contributed by atoms with Gasteiger partial charge in [0.15, 0.2) is 0 Å². The van der Waals surface area contributed by atoms with Crippen molar-refractivity contribution in [2.75, 3.05) is 12.3 Å². The summed E-state index contributed by atoms with van der Waals surface area (Å²) in [7, 11) is -0.536. The zero-order chi connectivity index (χ0) is 12.5. The third-order valence-electron chi connectivity index (χ3n) is 3.65. The van der Waals surface area contributed by atoms with E-state index in [4.69, 9.17) is 0 Å². The normalized spacial score (nSPS) is 20.6. The van der Waals surface area contributed by atoms with Crippen molar-refractivity contribution in [2.24, 2.45) is 0 Å². The summed E-state index contributed by atoms with van der Waals surface area (Å²) < 4.78 is 12.0. The fraction of sp³-hybridized carbons (Fsp3) is 1.00. The molecule has 17 heavy (non-hydrogen) atoms. The monoisotopic (exact) mass is 259 g/mol. The first-order chi connectivity index (χ1) is 8.24. The summed E-state index contributed by atoms with van der Waals surface area (Å²) in [4.78, 5) is 0. The molecule has 0 aromatic carbocycles. The molecule has 1 rings (SSSR count). The second kappa shape index (κ2) is 9.09. The summed E-state index contributed by atoms with van der Waals surface area (Å²) in [5, 5.41) is 4.03. The summed E-state index contributed by atoms with van der Waals surface area (Å²) >= 11 is 0. The van der Waals surface area contributed by atoms with Crippen LogP contribution < -0.4 is 5.32 Å². The van der Waals surface area contributed by atoms with E-state index in [2.05, 4.69) is 19.2 Å². The summed E-state index contributed by atoms with van der Waals surface area (Å²) in [6.07, 6.45) is 9.81. The highest BCUT2D eigenvalue weighted by Crippen LogP contribution is 2.23. The average Bonchev–Trinajstić information content (AvgIpc) is 2.85. The Hall–Kier alpha value is 0.110. The molecule has 102 valence electrons. The molecule has 3 heteroatoms. The molecule has 0 aliphatic heterocycles. The Morgan fingerprint density at radius 1 is 1.29 bits per heavy atom. The van der Waals surface area contributed by atoms with Crippen molar-refractivity contribution in [3.63, 3.8) is 0 Å². The van der Waals surface area contributed by atoms with Gasteiger partial charge in [-0.1, -0.05) is 26.2 Å². The van der Waals surface area contributed by atoms with E-state index in [0.717, 1.165) is 18.7 Å². The van der Waals surface area contributed by atoms with Gasteiger partial charge in [-0.2, -0.15) is 0 Å². The van der Waals surface area contributed by atoms with Gasteiger partial charge in [-0.05, 0) is 45.6 Å². The van der Waals surface area contributed by atoms with Gasteiger partial charge in [-0.25, -0.2) is 0 Å². The van der Waals surface area contributed by atoms with Crippen LogP contribution in [0.2, 0.25) is 0 Å². The third-order valence-corrected chi connectivity index (χ3v) is 5.56. The SMILES string of the molecule is CCCNC(C)CCCCS(=O)C1CCCC1. The van der Waals surface area contributed by atoms with E-state index in [9.17, 15) is 4.21 Å². The molecule has 0 aromatic rings. The molecular weight excluding hydrogens is 230 g/mol. The van der Waals surface area contributed by atoms with Crippen molar-refractivity contribution in [1.82, 2.24) is 5.32 Å². The maximum atomic E-state index is 12.0. The topological polar surface area (TPSA) is 29.1 Å². The molecule has 1 aliphatic rings. The smallest absolute Gasteiger partial charge is 0.0348 e. The number of rotatable bonds is 9. The predicted molar refractivity (Wildman–Crippen MR) is 76.9 cm³/mol. The van der Waals surface area contributed by atoms with Gasteiger partial charge in [-0.15, -0.1) is 0 Å². The van der Waals surface area contributed by atoms with Gasteiger partial charge in [0.1, 0.15) is 0 Å². The number of hydrogen-bond donors (Lipinski definition) is 1. The molecule has 0 saturated heterocycles. The molecule has 1 N–H and O–H groups in total. The number of hydrogen-bond acceptors (Lipinski definition) is 2. The standard InChI is InChI=1S/C14H29NOS/c1-3-11-15-13(2)8-6-7-12-17(16)14-9-4-5-10-14/h13-15H,3-12H2,1-2H3. The summed E-state index contributed by atoms with van der Waals surface area (Å²) in [5.41, 5.74) is 0. The Bertz CT molecular complexity index is 214. The number of unbranched alkanes of at least 4 members (excludes halogenated alkanes) is 1. The van der Waals surface area contributed by atoms with Crippen molar-refractivity contribution in [3.05, 3.63) is 0 Å². The lowest BCUT2D eigenvalue weighted by Gasteiger charge is -2.13. The zero-order valence-corrected chi connectivity index (χ0v) is 12.4. The molecular formula is C14H29NOS. The van der Waals surface area contributed by atoms with Gasteiger partial charge in [-0.3, -0.25) is 4.21 Å². The van der Waals surface area contributed by atoms with Gasteiger partial charge in [0, 0.05) is 27.8 Å². The maximum Gasteiger partial charge on any atom is 0.0348 e. The van der Waals surface area contributed by atoms with Crippen LogP contribution in [0.4, 0.5) is 0 Å². The highest BCUT2D eigenvalue weighted by Gasteiger charge is 2.20. The molecule has 0 heterocycles. The Kier molecular flexibility index (Phi) is 8.12. The lowest BCUT2D eigenvalue weighted by Crippen LogP contribution is -2.26. The van der Waals surface area contributed by atoms with Crippen LogP contribution in [0.25, 0.3) is 0 Å². The molecule has 1 aliphatic carbocycles. The van der Waals surface area contributed by atoms with Crippen molar-refractivity contribution in [1.29, 1.82) is 0 Å². The fourth-order valence-corrected chi connectivity index (χ4v) is 4.19. The molecule has 0 aromatic heterocycles. The molecule has 1 fully saturated rings. The maximum absolute atomic E-state index is 12.0. The van der Waals surface area contributed by atoms with Gasteiger partial charge in [0.25, 0.3) is 0 Å². The molecule has 1 saturated carbocycles. The minimum Gasteiger partial charge on any atom is -0.314 e. The van der Waals surface area contributed by atoms with E-state index in [1.54, 1.807) is 0 Å². The van der Waals surface area contributed by atoms with Gasteiger partial charge in [0.2, 0.25) is 0 Å². The van der Waals surface area contributed by atoms with Crippen LogP contribution in [0.5, 0.6) is 0 Å². The van der Waals surface area contributed by atoms with E-state index in [-0.39, 0.29) is 0 Å². The highest BCUT2D eigenvalue weighted by molar-refractivity contribution is 7.85. The van der Waals surface area contributed by atoms with Crippen LogP contribution in [-0.4, -0.2) is 27.8 Å². The van der Waals surface area contributed by atoms with Crippen LogP contribution in [-0.2, 0) is 10.8 Å². The Labute approximate surface area is 109 Å². The lowest BCUT2D eigenvalue weighted by atomic mass is 10.1. The van der Waals surface area contributed by atoms with Crippen LogP contribution >= 0.6 is 0 Å². The quantitative estimate of drug-likeness (QED) is 0.644. The minimum absolute atomic E-state index is 0.533. The van der Waals surface area contributed by atoms with Crippen LogP contribution in [0.1, 0.15) is 65.2 Å². The van der Waals surface area contributed by atoms with E-state index >= 15 is 0 Å². The van der Waals surface area contributed by atoms with Crippen LogP contribution in [0.3, 0.4) is 0 Å². The largest absolute Gasteiger partial charge is 0.314 e. The van der Waals surface area contributed by atoms with Gasteiger partial charge in [0.05, 0.1) is 0 Å². The Morgan fingerprint density at radius 3 is 2.65 bits per heavy atom. The molecule has 0 amide bonds. The predicted octanol–water partition coefficient (Wildman–Crippen LogP) is 3.24. The average molecular weight is 259 g/mol. The Morgan fingerprint density at radius 2 is 2.00 bits per heavy atom. The van der Waals surface area contributed by atoms with Gasteiger partial charge < -0.3 is 5.32 Å². The van der Waals surface area contributed by atoms with E-state index in [1.165, 1.54) is 44.9 Å². The van der Waals surface area contributed by atoms with E-state index in [0.29, 0.717) is 11.3 Å². The van der Waals surface area contributed by atoms with Crippen molar-refractivity contribution < 1.29 is 4.21 Å². The first-order valence-electron chi connectivity index (χ1n) is 7.34.